The molecule has 1 aromatic carbocycles. The van der Waals surface area contributed by atoms with Gasteiger partial charge in [-0.25, -0.2) is 0 Å². The van der Waals surface area contributed by atoms with Gasteiger partial charge in [0.15, 0.2) is 0 Å². The first-order chi connectivity index (χ1) is 9.08. The van der Waals surface area contributed by atoms with Crippen LogP contribution in [0.2, 0.25) is 0 Å². The van der Waals surface area contributed by atoms with Gasteiger partial charge in [0.2, 0.25) is 0 Å². The molecule has 3 N–H and O–H groups in total. The van der Waals surface area contributed by atoms with Gasteiger partial charge in [-0.1, -0.05) is 12.1 Å². The molecule has 1 heterocycles. The first-order valence-electron chi connectivity index (χ1n) is 6.37. The minimum Gasteiger partial charge on any atom is -0.399 e. The highest BCUT2D eigenvalue weighted by Gasteiger charge is 2.11. The van der Waals surface area contributed by atoms with Crippen LogP contribution in [0.4, 0.5) is 5.69 Å². The molecule has 0 bridgehead atoms. The van der Waals surface area contributed by atoms with Crippen LogP contribution in [0.3, 0.4) is 0 Å². The SMILES string of the molecule is CC(C)n1cccc1C(=O)NCc1ccc(N)cc1. The first-order valence-corrected chi connectivity index (χ1v) is 6.37. The van der Waals surface area contributed by atoms with Gasteiger partial charge in [-0.3, -0.25) is 4.79 Å². The van der Waals surface area contributed by atoms with Crippen LogP contribution in [-0.4, -0.2) is 10.5 Å². The smallest absolute Gasteiger partial charge is 0.268 e. The van der Waals surface area contributed by atoms with Crippen molar-refractivity contribution in [2.75, 3.05) is 5.73 Å². The third-order valence-corrected chi connectivity index (χ3v) is 3.00. The maximum Gasteiger partial charge on any atom is 0.268 e. The zero-order valence-corrected chi connectivity index (χ0v) is 11.3. The molecule has 0 aliphatic carbocycles. The fraction of sp³-hybridized carbons (Fsp3) is 0.267. The van der Waals surface area contributed by atoms with Gasteiger partial charge in [0.1, 0.15) is 5.69 Å². The number of nitrogens with zero attached hydrogens (tertiary/aromatic N) is 1. The van der Waals surface area contributed by atoms with Crippen LogP contribution in [0.15, 0.2) is 42.6 Å². The van der Waals surface area contributed by atoms with Crippen LogP contribution in [-0.2, 0) is 6.54 Å². The summed E-state index contributed by atoms with van der Waals surface area (Å²) >= 11 is 0. The largest absolute Gasteiger partial charge is 0.399 e. The van der Waals surface area contributed by atoms with Gasteiger partial charge in [-0.2, -0.15) is 0 Å². The molecule has 2 aromatic rings. The monoisotopic (exact) mass is 257 g/mol. The van der Waals surface area contributed by atoms with Crippen molar-refractivity contribution < 1.29 is 4.79 Å². The summed E-state index contributed by atoms with van der Waals surface area (Å²) < 4.78 is 1.96. The summed E-state index contributed by atoms with van der Waals surface area (Å²) in [4.78, 5) is 12.1. The van der Waals surface area contributed by atoms with Crippen molar-refractivity contribution in [1.82, 2.24) is 9.88 Å². The number of hydrogen-bond donors (Lipinski definition) is 2. The number of nitrogen functional groups attached to an aromatic ring is 1. The van der Waals surface area contributed by atoms with E-state index in [-0.39, 0.29) is 11.9 Å². The number of hydrogen-bond acceptors (Lipinski definition) is 2. The molecule has 0 unspecified atom stereocenters. The van der Waals surface area contributed by atoms with E-state index in [4.69, 9.17) is 5.73 Å². The van der Waals surface area contributed by atoms with Crippen molar-refractivity contribution in [3.8, 4) is 0 Å². The Hall–Kier alpha value is -2.23. The molecule has 0 spiro atoms. The Kier molecular flexibility index (Phi) is 3.90. The minimum atomic E-state index is -0.0597. The number of nitrogens with one attached hydrogen (secondary N) is 1. The topological polar surface area (TPSA) is 60.0 Å². The molecule has 0 fully saturated rings. The zero-order chi connectivity index (χ0) is 13.8. The molecule has 1 aromatic heterocycles. The van der Waals surface area contributed by atoms with Crippen molar-refractivity contribution in [2.24, 2.45) is 0 Å². The van der Waals surface area contributed by atoms with E-state index in [1.807, 2.05) is 47.2 Å². The molecule has 1 amide bonds. The summed E-state index contributed by atoms with van der Waals surface area (Å²) in [5.41, 5.74) is 8.07. The number of nitrogens with two attached hydrogens (primary N) is 1. The number of aromatic nitrogens is 1. The Balaban J connectivity index is 2.01. The lowest BCUT2D eigenvalue weighted by molar-refractivity contribution is 0.0940. The molecule has 0 saturated carbocycles. The van der Waals surface area contributed by atoms with E-state index in [1.165, 1.54) is 0 Å². The van der Waals surface area contributed by atoms with Crippen molar-refractivity contribution in [1.29, 1.82) is 0 Å². The average Bonchev–Trinajstić information content (AvgIpc) is 2.87. The van der Waals surface area contributed by atoms with Crippen molar-refractivity contribution in [2.45, 2.75) is 26.4 Å². The minimum absolute atomic E-state index is 0.0597. The van der Waals surface area contributed by atoms with E-state index in [1.54, 1.807) is 0 Å². The van der Waals surface area contributed by atoms with Crippen molar-refractivity contribution >= 4 is 11.6 Å². The summed E-state index contributed by atoms with van der Waals surface area (Å²) in [5.74, 6) is -0.0597. The number of carbonyl (C=O) groups is 1. The third-order valence-electron chi connectivity index (χ3n) is 3.00. The van der Waals surface area contributed by atoms with E-state index in [2.05, 4.69) is 19.2 Å². The summed E-state index contributed by atoms with van der Waals surface area (Å²) in [7, 11) is 0. The Morgan fingerprint density at radius 1 is 1.26 bits per heavy atom. The van der Waals surface area contributed by atoms with Gasteiger partial charge in [-0.15, -0.1) is 0 Å². The van der Waals surface area contributed by atoms with E-state index in [9.17, 15) is 4.79 Å². The number of rotatable bonds is 4. The number of benzene rings is 1. The van der Waals surface area contributed by atoms with Crippen LogP contribution < -0.4 is 11.1 Å². The van der Waals surface area contributed by atoms with Gasteiger partial charge in [0, 0.05) is 24.5 Å². The fourth-order valence-corrected chi connectivity index (χ4v) is 1.94. The van der Waals surface area contributed by atoms with Gasteiger partial charge in [-0.05, 0) is 43.7 Å². The highest BCUT2D eigenvalue weighted by molar-refractivity contribution is 5.92. The molecule has 0 atom stereocenters. The van der Waals surface area contributed by atoms with Crippen LogP contribution >= 0.6 is 0 Å². The number of anilines is 1. The number of carbonyl (C=O) groups excluding carboxylic acids is 1. The van der Waals surface area contributed by atoms with E-state index < -0.39 is 0 Å². The zero-order valence-electron chi connectivity index (χ0n) is 11.3. The number of amides is 1. The van der Waals surface area contributed by atoms with Crippen molar-refractivity contribution in [3.63, 3.8) is 0 Å². The molecule has 19 heavy (non-hydrogen) atoms. The maximum absolute atomic E-state index is 12.1. The van der Waals surface area contributed by atoms with Gasteiger partial charge in [0.25, 0.3) is 5.91 Å². The van der Waals surface area contributed by atoms with Crippen LogP contribution in [0.25, 0.3) is 0 Å². The Morgan fingerprint density at radius 2 is 1.95 bits per heavy atom. The molecular weight excluding hydrogens is 238 g/mol. The quantitative estimate of drug-likeness (QED) is 0.827. The molecule has 4 nitrogen and oxygen atoms in total. The molecule has 0 aliphatic heterocycles. The third kappa shape index (κ3) is 3.16. The normalized spacial score (nSPS) is 10.7. The lowest BCUT2D eigenvalue weighted by Gasteiger charge is -2.12. The standard InChI is InChI=1S/C15H19N3O/c1-11(2)18-9-3-4-14(18)15(19)17-10-12-5-7-13(16)8-6-12/h3-9,11H,10,16H2,1-2H3,(H,17,19). The highest BCUT2D eigenvalue weighted by Crippen LogP contribution is 2.11. The van der Waals surface area contributed by atoms with E-state index >= 15 is 0 Å². The second kappa shape index (κ2) is 5.61. The molecule has 0 aliphatic rings. The summed E-state index contributed by atoms with van der Waals surface area (Å²) in [5, 5.41) is 2.92. The molecule has 0 saturated heterocycles. The summed E-state index contributed by atoms with van der Waals surface area (Å²) in [6, 6.07) is 11.5. The molecular formula is C15H19N3O. The van der Waals surface area contributed by atoms with Crippen LogP contribution in [0.5, 0.6) is 0 Å². The van der Waals surface area contributed by atoms with Crippen molar-refractivity contribution in [3.05, 3.63) is 53.9 Å². The predicted molar refractivity (Wildman–Crippen MR) is 76.8 cm³/mol. The molecule has 100 valence electrons. The first kappa shape index (κ1) is 13.2. The maximum atomic E-state index is 12.1. The Morgan fingerprint density at radius 3 is 2.58 bits per heavy atom. The lowest BCUT2D eigenvalue weighted by Crippen LogP contribution is -2.25. The average molecular weight is 257 g/mol. The molecule has 2 rings (SSSR count). The fourth-order valence-electron chi connectivity index (χ4n) is 1.94. The second-order valence-electron chi connectivity index (χ2n) is 4.82. The van der Waals surface area contributed by atoms with E-state index in [0.717, 1.165) is 11.3 Å². The lowest BCUT2D eigenvalue weighted by atomic mass is 10.2. The Bertz CT molecular complexity index is 555. The molecule has 4 heteroatoms. The second-order valence-corrected chi connectivity index (χ2v) is 4.82. The van der Waals surface area contributed by atoms with Gasteiger partial charge in [0.05, 0.1) is 0 Å². The predicted octanol–water partition coefficient (Wildman–Crippen LogP) is 2.58. The van der Waals surface area contributed by atoms with Crippen LogP contribution in [0, 0.1) is 0 Å². The van der Waals surface area contributed by atoms with Gasteiger partial charge >= 0.3 is 0 Å². The molecule has 0 radical (unpaired) electrons. The Labute approximate surface area is 113 Å². The van der Waals surface area contributed by atoms with Gasteiger partial charge < -0.3 is 15.6 Å². The highest BCUT2D eigenvalue weighted by atomic mass is 16.1. The summed E-state index contributed by atoms with van der Waals surface area (Å²) in [6.07, 6.45) is 1.92. The summed E-state index contributed by atoms with van der Waals surface area (Å²) in [6.45, 7) is 4.61. The van der Waals surface area contributed by atoms with E-state index in [0.29, 0.717) is 12.2 Å². The van der Waals surface area contributed by atoms with Crippen LogP contribution in [0.1, 0.15) is 35.9 Å².